The van der Waals surface area contributed by atoms with Gasteiger partial charge < -0.3 is 19.8 Å². The normalized spacial score (nSPS) is 17.5. The monoisotopic (exact) mass is 501 g/mol. The van der Waals surface area contributed by atoms with Gasteiger partial charge in [-0.2, -0.15) is 0 Å². The van der Waals surface area contributed by atoms with Gasteiger partial charge in [-0.05, 0) is 68.4 Å². The molecule has 0 unspecified atom stereocenters. The molecule has 7 heteroatoms. The summed E-state index contributed by atoms with van der Waals surface area (Å²) in [6, 6.07) is 11.7. The summed E-state index contributed by atoms with van der Waals surface area (Å²) in [5.74, 6) is -0.234. The predicted molar refractivity (Wildman–Crippen MR) is 140 cm³/mol. The molecule has 0 saturated carbocycles. The minimum absolute atomic E-state index is 0.0207. The van der Waals surface area contributed by atoms with Gasteiger partial charge in [0.2, 0.25) is 5.91 Å². The van der Waals surface area contributed by atoms with Crippen molar-refractivity contribution in [3.63, 3.8) is 0 Å². The number of carbonyl (C=O) groups excluding carboxylic acids is 2. The summed E-state index contributed by atoms with van der Waals surface area (Å²) in [4.78, 5) is 28.4. The molecule has 1 aromatic heterocycles. The van der Waals surface area contributed by atoms with Crippen LogP contribution in [-0.4, -0.2) is 40.8 Å². The first-order valence-corrected chi connectivity index (χ1v) is 13.8. The highest BCUT2D eigenvalue weighted by molar-refractivity contribution is 7.13. The molecule has 1 amide bonds. The molecule has 0 aliphatic carbocycles. The van der Waals surface area contributed by atoms with Crippen molar-refractivity contribution in [2.75, 3.05) is 11.5 Å². The Bertz CT molecular complexity index is 941. The number of ether oxygens (including phenoxy) is 1. The van der Waals surface area contributed by atoms with Gasteiger partial charge in [0.25, 0.3) is 0 Å². The second kappa shape index (κ2) is 13.8. The maximum atomic E-state index is 12.6. The molecule has 192 valence electrons. The third-order valence-corrected chi connectivity index (χ3v) is 7.79. The van der Waals surface area contributed by atoms with Crippen molar-refractivity contribution in [1.29, 1.82) is 0 Å². The number of aliphatic hydroxyl groups excluding tert-OH is 2. The fourth-order valence-electron chi connectivity index (χ4n) is 4.48. The maximum absolute atomic E-state index is 12.6. The van der Waals surface area contributed by atoms with Crippen LogP contribution in [0.25, 0.3) is 0 Å². The summed E-state index contributed by atoms with van der Waals surface area (Å²) in [5.41, 5.74) is 1.81. The van der Waals surface area contributed by atoms with Crippen LogP contribution in [0.1, 0.15) is 97.9 Å². The molecule has 2 N–H and O–H groups in total. The molecule has 6 nitrogen and oxygen atoms in total. The van der Waals surface area contributed by atoms with E-state index in [4.69, 9.17) is 4.74 Å². The lowest BCUT2D eigenvalue weighted by Gasteiger charge is -2.25. The molecular weight excluding hydrogens is 462 g/mol. The molecule has 1 fully saturated rings. The van der Waals surface area contributed by atoms with Gasteiger partial charge in [0.15, 0.2) is 0 Å². The molecule has 1 aliphatic rings. The van der Waals surface area contributed by atoms with Crippen LogP contribution in [0, 0.1) is 0 Å². The first kappa shape index (κ1) is 27.4. The molecule has 35 heavy (non-hydrogen) atoms. The molecule has 0 radical (unpaired) electrons. The maximum Gasteiger partial charge on any atom is 0.348 e. The van der Waals surface area contributed by atoms with Crippen molar-refractivity contribution in [3.8, 4) is 0 Å². The summed E-state index contributed by atoms with van der Waals surface area (Å²) in [7, 11) is 0. The highest BCUT2D eigenvalue weighted by atomic mass is 32.1. The number of benzene rings is 1. The number of anilines is 1. The number of thiophene rings is 1. The van der Waals surface area contributed by atoms with Crippen LogP contribution in [-0.2, 0) is 16.0 Å². The smallest absolute Gasteiger partial charge is 0.348 e. The number of hydrogen-bond donors (Lipinski definition) is 2. The van der Waals surface area contributed by atoms with E-state index < -0.39 is 12.2 Å². The van der Waals surface area contributed by atoms with Crippen molar-refractivity contribution in [3.05, 3.63) is 51.7 Å². The van der Waals surface area contributed by atoms with Gasteiger partial charge in [0, 0.05) is 23.0 Å². The van der Waals surface area contributed by atoms with E-state index in [0.29, 0.717) is 17.7 Å². The summed E-state index contributed by atoms with van der Waals surface area (Å²) in [5, 5.41) is 20.0. The van der Waals surface area contributed by atoms with Crippen molar-refractivity contribution in [2.24, 2.45) is 0 Å². The largest absolute Gasteiger partial charge is 0.459 e. The lowest BCUT2D eigenvalue weighted by Crippen LogP contribution is -2.32. The average Bonchev–Trinajstić information content (AvgIpc) is 3.49. The number of aliphatic hydroxyl groups is 2. The van der Waals surface area contributed by atoms with Crippen LogP contribution in [0.15, 0.2) is 36.4 Å². The molecule has 2 aromatic rings. The Kier molecular flexibility index (Phi) is 10.8. The summed E-state index contributed by atoms with van der Waals surface area (Å²) >= 11 is 1.43. The van der Waals surface area contributed by atoms with Crippen molar-refractivity contribution in [2.45, 2.75) is 96.3 Å². The average molecular weight is 502 g/mol. The van der Waals surface area contributed by atoms with Crippen LogP contribution < -0.4 is 4.90 Å². The Labute approximate surface area is 212 Å². The standard InChI is InChI=1S/C28H39NO5S/c1-3-5-6-10-25(31)20-11-13-22(14-12-20)29-21(15-18-27(29)32)8-7-9-24-16-17-26(35-24)28(33)34-19-23(30)4-2/h11-14,16-17,21,23,25,30-31H,3-10,15,18-19H2,1-2H3/t21-,23-,25-/m0/s1. The SMILES string of the molecule is CCCCC[C@H](O)c1ccc(N2C(=O)CC[C@@H]2CCCc2ccc(C(=O)OC[C@@H](O)CC)s2)cc1. The fourth-order valence-corrected chi connectivity index (χ4v) is 5.42. The van der Waals surface area contributed by atoms with Gasteiger partial charge >= 0.3 is 5.97 Å². The molecule has 1 aliphatic heterocycles. The minimum atomic E-state index is -0.623. The Morgan fingerprint density at radius 2 is 1.89 bits per heavy atom. The summed E-state index contributed by atoms with van der Waals surface area (Å²) in [6.45, 7) is 4.02. The number of carbonyl (C=O) groups is 2. The Morgan fingerprint density at radius 1 is 1.11 bits per heavy atom. The zero-order valence-corrected chi connectivity index (χ0v) is 21.8. The molecule has 3 rings (SSSR count). The topological polar surface area (TPSA) is 87.1 Å². The van der Waals surface area contributed by atoms with Gasteiger partial charge in [-0.1, -0.05) is 45.2 Å². The lowest BCUT2D eigenvalue weighted by atomic mass is 10.0. The number of hydrogen-bond acceptors (Lipinski definition) is 6. The van der Waals surface area contributed by atoms with Crippen molar-refractivity contribution >= 4 is 28.9 Å². The van der Waals surface area contributed by atoms with E-state index in [1.807, 2.05) is 42.2 Å². The van der Waals surface area contributed by atoms with E-state index in [-0.39, 0.29) is 24.5 Å². The highest BCUT2D eigenvalue weighted by Crippen LogP contribution is 2.31. The van der Waals surface area contributed by atoms with E-state index in [9.17, 15) is 19.8 Å². The fraction of sp³-hybridized carbons (Fsp3) is 0.571. The first-order chi connectivity index (χ1) is 16.9. The van der Waals surface area contributed by atoms with Gasteiger partial charge in [-0.3, -0.25) is 4.79 Å². The molecule has 1 aromatic carbocycles. The molecule has 2 heterocycles. The quantitative estimate of drug-likeness (QED) is 0.252. The first-order valence-electron chi connectivity index (χ1n) is 13.0. The zero-order chi connectivity index (χ0) is 25.2. The highest BCUT2D eigenvalue weighted by Gasteiger charge is 2.31. The molecular formula is C28H39NO5S. The number of rotatable bonds is 14. The number of esters is 1. The minimum Gasteiger partial charge on any atom is -0.459 e. The second-order valence-corrected chi connectivity index (χ2v) is 10.5. The van der Waals surface area contributed by atoms with Gasteiger partial charge in [-0.25, -0.2) is 4.79 Å². The lowest BCUT2D eigenvalue weighted by molar-refractivity contribution is -0.117. The van der Waals surface area contributed by atoms with Crippen LogP contribution in [0.4, 0.5) is 5.69 Å². The van der Waals surface area contributed by atoms with Crippen LogP contribution in [0.3, 0.4) is 0 Å². The van der Waals surface area contributed by atoms with E-state index in [2.05, 4.69) is 6.92 Å². The number of amides is 1. The second-order valence-electron chi connectivity index (χ2n) is 9.38. The molecule has 0 spiro atoms. The Hall–Kier alpha value is -2.22. The van der Waals surface area contributed by atoms with E-state index >= 15 is 0 Å². The molecule has 0 bridgehead atoms. The van der Waals surface area contributed by atoms with Crippen LogP contribution >= 0.6 is 11.3 Å². The molecule has 3 atom stereocenters. The van der Waals surface area contributed by atoms with Gasteiger partial charge in [-0.15, -0.1) is 11.3 Å². The summed E-state index contributed by atoms with van der Waals surface area (Å²) in [6.07, 6.45) is 7.58. The van der Waals surface area contributed by atoms with E-state index in [1.54, 1.807) is 6.07 Å². The number of unbranched alkanes of at least 4 members (excludes halogenated alkanes) is 2. The Balaban J connectivity index is 1.50. The third-order valence-electron chi connectivity index (χ3n) is 6.66. The summed E-state index contributed by atoms with van der Waals surface area (Å²) < 4.78 is 5.16. The van der Waals surface area contributed by atoms with Crippen molar-refractivity contribution < 1.29 is 24.5 Å². The van der Waals surface area contributed by atoms with Crippen LogP contribution in [0.2, 0.25) is 0 Å². The molecule has 1 saturated heterocycles. The number of nitrogens with zero attached hydrogens (tertiary/aromatic N) is 1. The van der Waals surface area contributed by atoms with E-state index in [1.165, 1.54) is 11.3 Å². The van der Waals surface area contributed by atoms with E-state index in [0.717, 1.165) is 67.5 Å². The van der Waals surface area contributed by atoms with Crippen LogP contribution in [0.5, 0.6) is 0 Å². The number of aryl methyl sites for hydroxylation is 1. The van der Waals surface area contributed by atoms with Crippen molar-refractivity contribution in [1.82, 2.24) is 0 Å². The Morgan fingerprint density at radius 3 is 2.60 bits per heavy atom. The van der Waals surface area contributed by atoms with Gasteiger partial charge in [0.1, 0.15) is 11.5 Å². The third kappa shape index (κ3) is 7.89. The van der Waals surface area contributed by atoms with Gasteiger partial charge in [0.05, 0.1) is 12.2 Å². The predicted octanol–water partition coefficient (Wildman–Crippen LogP) is 5.81. The zero-order valence-electron chi connectivity index (χ0n) is 20.9.